The summed E-state index contributed by atoms with van der Waals surface area (Å²) in [6, 6.07) is 3.84. The van der Waals surface area contributed by atoms with Gasteiger partial charge in [-0.1, -0.05) is 6.08 Å². The lowest BCUT2D eigenvalue weighted by atomic mass is 9.91. The summed E-state index contributed by atoms with van der Waals surface area (Å²) < 4.78 is 16.4. The molecule has 1 saturated carbocycles. The summed E-state index contributed by atoms with van der Waals surface area (Å²) in [4.78, 5) is 20.5. The van der Waals surface area contributed by atoms with Crippen LogP contribution < -0.4 is 11.1 Å². The zero-order chi connectivity index (χ0) is 23.3. The van der Waals surface area contributed by atoms with Crippen molar-refractivity contribution in [3.8, 4) is 0 Å². The van der Waals surface area contributed by atoms with E-state index in [9.17, 15) is 9.18 Å². The Kier molecular flexibility index (Phi) is 5.61. The molecule has 1 aliphatic heterocycles. The predicted octanol–water partition coefficient (Wildman–Crippen LogP) is 3.90. The van der Waals surface area contributed by atoms with Crippen LogP contribution in [0.5, 0.6) is 0 Å². The molecule has 1 fully saturated rings. The number of carbonyl (C=O) groups is 1. The monoisotopic (exact) mass is 467 g/mol. The number of nitrogens with zero attached hydrogens (tertiary/aromatic N) is 3. The van der Waals surface area contributed by atoms with Gasteiger partial charge in [0, 0.05) is 55.3 Å². The van der Waals surface area contributed by atoms with E-state index < -0.39 is 5.67 Å². The first-order valence-corrected chi connectivity index (χ1v) is 12.3. The zero-order valence-corrected chi connectivity index (χ0v) is 20.1. The number of rotatable bonds is 6. The number of anilines is 1. The van der Waals surface area contributed by atoms with Crippen LogP contribution in [0.4, 0.5) is 10.2 Å². The molecule has 33 heavy (non-hydrogen) atoms. The van der Waals surface area contributed by atoms with Crippen molar-refractivity contribution in [1.29, 1.82) is 0 Å². The summed E-state index contributed by atoms with van der Waals surface area (Å²) in [5.74, 6) is 1.29. The number of aromatic nitrogens is 2. The third-order valence-corrected chi connectivity index (χ3v) is 8.56. The molecule has 0 radical (unpaired) electrons. The third-order valence-electron chi connectivity index (χ3n) is 7.34. The average Bonchev–Trinajstić information content (AvgIpc) is 3.43. The van der Waals surface area contributed by atoms with Gasteiger partial charge >= 0.3 is 0 Å². The Hall–Kier alpha value is -2.58. The van der Waals surface area contributed by atoms with Crippen molar-refractivity contribution in [2.45, 2.75) is 43.8 Å². The van der Waals surface area contributed by atoms with Gasteiger partial charge in [0.25, 0.3) is 5.91 Å². The van der Waals surface area contributed by atoms with Gasteiger partial charge in [0.2, 0.25) is 0 Å². The second-order valence-corrected chi connectivity index (χ2v) is 10.3. The topological polar surface area (TPSA) is 76.2 Å². The van der Waals surface area contributed by atoms with E-state index in [0.29, 0.717) is 24.5 Å². The molecule has 3 heterocycles. The van der Waals surface area contributed by atoms with Crippen LogP contribution >= 0.6 is 11.8 Å². The van der Waals surface area contributed by atoms with Crippen molar-refractivity contribution >= 4 is 23.5 Å². The highest BCUT2D eigenvalue weighted by molar-refractivity contribution is 7.99. The number of hydrogen-bond donors (Lipinski definition) is 2. The second-order valence-electron chi connectivity index (χ2n) is 9.34. The molecule has 1 amide bonds. The largest absolute Gasteiger partial charge is 0.383 e. The number of halogens is 1. The number of thioether (sulfide) groups is 1. The molecule has 0 bridgehead atoms. The van der Waals surface area contributed by atoms with Gasteiger partial charge < -0.3 is 15.6 Å². The lowest BCUT2D eigenvalue weighted by molar-refractivity contribution is 0.0942. The fourth-order valence-electron chi connectivity index (χ4n) is 4.83. The number of amides is 1. The Bertz CT molecular complexity index is 1190. The van der Waals surface area contributed by atoms with Crippen LogP contribution in [0.3, 0.4) is 0 Å². The number of hydrogen-bond acceptors (Lipinski definition) is 5. The molecule has 2 atom stereocenters. The highest BCUT2D eigenvalue weighted by atomic mass is 32.2. The van der Waals surface area contributed by atoms with E-state index in [4.69, 9.17) is 5.73 Å². The molecule has 0 aromatic carbocycles. The van der Waals surface area contributed by atoms with Gasteiger partial charge in [0.1, 0.15) is 17.2 Å². The first-order chi connectivity index (χ1) is 15.8. The minimum atomic E-state index is -1.08. The smallest absolute Gasteiger partial charge is 0.268 e. The van der Waals surface area contributed by atoms with Gasteiger partial charge in [-0.2, -0.15) is 0 Å². The van der Waals surface area contributed by atoms with Crippen molar-refractivity contribution < 1.29 is 9.18 Å². The van der Waals surface area contributed by atoms with Gasteiger partial charge in [-0.3, -0.25) is 9.69 Å². The number of allylic oxidation sites excluding steroid dienone is 2. The van der Waals surface area contributed by atoms with E-state index in [1.165, 1.54) is 11.1 Å². The van der Waals surface area contributed by atoms with E-state index in [-0.39, 0.29) is 11.8 Å². The quantitative estimate of drug-likeness (QED) is 0.631. The average molecular weight is 468 g/mol. The summed E-state index contributed by atoms with van der Waals surface area (Å²) in [5, 5.41) is 3.00. The molecule has 6 nitrogen and oxygen atoms in total. The van der Waals surface area contributed by atoms with Crippen LogP contribution in [0.25, 0.3) is 0 Å². The predicted molar refractivity (Wildman–Crippen MR) is 130 cm³/mol. The van der Waals surface area contributed by atoms with Gasteiger partial charge in [0.05, 0.1) is 0 Å². The van der Waals surface area contributed by atoms with Gasteiger partial charge in [-0.05, 0) is 67.2 Å². The molecule has 3 N–H and O–H groups in total. The first kappa shape index (κ1) is 22.2. The van der Waals surface area contributed by atoms with Gasteiger partial charge in [-0.25, -0.2) is 9.37 Å². The van der Waals surface area contributed by atoms with E-state index in [1.807, 2.05) is 43.7 Å². The number of carbonyl (C=O) groups excluding carboxylic acids is 1. The summed E-state index contributed by atoms with van der Waals surface area (Å²) in [5.41, 5.74) is 11.0. The minimum Gasteiger partial charge on any atom is -0.383 e. The molecule has 2 unspecified atom stereocenters. The lowest BCUT2D eigenvalue weighted by Crippen LogP contribution is -2.33. The number of nitrogens with two attached hydrogens (primary N) is 1. The molecule has 5 rings (SSSR count). The molecular formula is C25H30FN5OS. The SMILES string of the molecule is Cc1c(CNC(=O)c2cc(SCN3CCC4=C(C3)C3CC3(F)C=C4)c(C)n2C)ccnc1N. The Balaban J connectivity index is 1.21. The maximum absolute atomic E-state index is 14.5. The molecule has 2 aromatic heterocycles. The van der Waals surface area contributed by atoms with Crippen LogP contribution in [0.2, 0.25) is 0 Å². The van der Waals surface area contributed by atoms with Crippen LogP contribution in [0, 0.1) is 19.8 Å². The highest BCUT2D eigenvalue weighted by Crippen LogP contribution is 2.57. The van der Waals surface area contributed by atoms with Crippen molar-refractivity contribution in [1.82, 2.24) is 19.8 Å². The van der Waals surface area contributed by atoms with Crippen LogP contribution in [0.15, 0.2) is 46.5 Å². The van der Waals surface area contributed by atoms with Crippen molar-refractivity contribution in [3.05, 3.63) is 64.1 Å². The Labute approximate surface area is 198 Å². The number of pyridine rings is 1. The summed E-state index contributed by atoms with van der Waals surface area (Å²) in [7, 11) is 1.92. The molecule has 0 saturated heterocycles. The molecule has 2 aromatic rings. The molecule has 2 aliphatic carbocycles. The van der Waals surface area contributed by atoms with Gasteiger partial charge in [0.15, 0.2) is 0 Å². The van der Waals surface area contributed by atoms with E-state index in [0.717, 1.165) is 47.1 Å². The highest BCUT2D eigenvalue weighted by Gasteiger charge is 2.57. The standard InChI is InChI=1S/C25H30FN5OS/c1-15-18(5-8-28-23(15)27)12-29-24(32)21-10-22(16(2)30(21)3)33-14-31-9-6-17-4-7-25(26)11-20(25)19(17)13-31/h4-5,7-8,10,20H,6,9,11-14H2,1-3H3,(H2,27,28)(H,29,32). The minimum absolute atomic E-state index is 0.0958. The fraction of sp³-hybridized carbons (Fsp3) is 0.440. The summed E-state index contributed by atoms with van der Waals surface area (Å²) in [6.07, 6.45) is 7.07. The first-order valence-electron chi connectivity index (χ1n) is 11.4. The second kappa shape index (κ2) is 8.33. The van der Waals surface area contributed by atoms with E-state index in [1.54, 1.807) is 24.0 Å². The van der Waals surface area contributed by atoms with Crippen LogP contribution in [-0.2, 0) is 13.6 Å². The van der Waals surface area contributed by atoms with Crippen LogP contribution in [0.1, 0.15) is 40.2 Å². The summed E-state index contributed by atoms with van der Waals surface area (Å²) >= 11 is 1.74. The molecule has 3 aliphatic rings. The van der Waals surface area contributed by atoms with Gasteiger partial charge in [-0.15, -0.1) is 11.8 Å². The number of alkyl halides is 1. The molecular weight excluding hydrogens is 437 g/mol. The maximum atomic E-state index is 14.5. The van der Waals surface area contributed by atoms with E-state index in [2.05, 4.69) is 15.2 Å². The van der Waals surface area contributed by atoms with E-state index >= 15 is 0 Å². The third kappa shape index (κ3) is 4.10. The van der Waals surface area contributed by atoms with Crippen molar-refractivity contribution in [3.63, 3.8) is 0 Å². The lowest BCUT2D eigenvalue weighted by Gasteiger charge is -2.31. The number of nitrogens with one attached hydrogen (secondary N) is 1. The normalized spacial score (nSPS) is 23.9. The number of nitrogen functional groups attached to an aromatic ring is 1. The maximum Gasteiger partial charge on any atom is 0.268 e. The molecule has 8 heteroatoms. The van der Waals surface area contributed by atoms with Crippen molar-refractivity contribution in [2.24, 2.45) is 13.0 Å². The Morgan fingerprint density at radius 3 is 3.06 bits per heavy atom. The zero-order valence-electron chi connectivity index (χ0n) is 19.3. The molecule has 174 valence electrons. The fourth-order valence-corrected chi connectivity index (χ4v) is 5.92. The summed E-state index contributed by atoms with van der Waals surface area (Å²) in [6.45, 7) is 6.18. The Morgan fingerprint density at radius 1 is 1.42 bits per heavy atom. The van der Waals surface area contributed by atoms with Crippen molar-refractivity contribution in [2.75, 3.05) is 24.7 Å². The Morgan fingerprint density at radius 2 is 2.24 bits per heavy atom. The molecule has 0 spiro atoms. The van der Waals surface area contributed by atoms with Crippen LogP contribution in [-0.4, -0.2) is 45.0 Å². The number of fused-ring (bicyclic) bond motifs is 2.